The highest BCUT2D eigenvalue weighted by Crippen LogP contribution is 2.49. The maximum absolute atomic E-state index is 16.2. The van der Waals surface area contributed by atoms with Crippen LogP contribution in [0.4, 0.5) is 15.1 Å². The molecule has 1 unspecified atom stereocenters. The van der Waals surface area contributed by atoms with Crippen molar-refractivity contribution in [3.05, 3.63) is 35.7 Å². The van der Waals surface area contributed by atoms with Crippen molar-refractivity contribution in [3.8, 4) is 11.1 Å². The van der Waals surface area contributed by atoms with Crippen LogP contribution >= 0.6 is 7.82 Å². The Balaban J connectivity index is 1.28. The molecule has 0 aliphatic carbocycles. The molecule has 284 valence electrons. The maximum Gasteiger partial charge on any atom is 0.473 e. The number of hydrogen-bond acceptors (Lipinski definition) is 8. The van der Waals surface area contributed by atoms with Gasteiger partial charge >= 0.3 is 13.9 Å². The summed E-state index contributed by atoms with van der Waals surface area (Å²) in [5, 5.41) is 5.28. The topological polar surface area (TPSA) is 161 Å². The average molecular weight is 733 g/mol. The van der Waals surface area contributed by atoms with Crippen molar-refractivity contribution in [1.82, 2.24) is 25.3 Å². The Hall–Kier alpha value is -2.96. The largest absolute Gasteiger partial charge is 0.473 e. The van der Waals surface area contributed by atoms with Gasteiger partial charge in [0, 0.05) is 42.2 Å². The molecule has 14 heteroatoms. The molecule has 2 atom stereocenters. The third-order valence-electron chi connectivity index (χ3n) is 9.17. The Morgan fingerprint density at radius 2 is 1.63 bits per heavy atom. The molecule has 1 aliphatic rings. The van der Waals surface area contributed by atoms with E-state index in [9.17, 15) is 14.3 Å². The molecule has 0 saturated carbocycles. The second-order valence-corrected chi connectivity index (χ2v) is 15.3. The number of amides is 2. The van der Waals surface area contributed by atoms with Gasteiger partial charge < -0.3 is 19.9 Å². The molecule has 1 aromatic carbocycles. The smallest absolute Gasteiger partial charge is 0.373 e. The average Bonchev–Trinajstić information content (AvgIpc) is 3.76. The number of carbonyl (C=O) groups is 1. The molecule has 0 radical (unpaired) electrons. The minimum atomic E-state index is -4.40. The highest BCUT2D eigenvalue weighted by Gasteiger charge is 2.36. The monoisotopic (exact) mass is 732 g/mol. The predicted octanol–water partition coefficient (Wildman–Crippen LogP) is 10.0. The van der Waals surface area contributed by atoms with Gasteiger partial charge in [-0.15, -0.1) is 0 Å². The first-order chi connectivity index (χ1) is 24.5. The van der Waals surface area contributed by atoms with Gasteiger partial charge in [-0.3, -0.25) is 14.4 Å². The molecule has 1 saturated heterocycles. The Morgan fingerprint density at radius 1 is 1.02 bits per heavy atom. The molecule has 12 nitrogen and oxygen atoms in total. The summed E-state index contributed by atoms with van der Waals surface area (Å²) in [7, 11) is -4.40. The van der Waals surface area contributed by atoms with Crippen LogP contribution in [0.15, 0.2) is 18.5 Å². The lowest BCUT2D eigenvalue weighted by molar-refractivity contribution is 0.0394. The van der Waals surface area contributed by atoms with Crippen molar-refractivity contribution in [2.45, 2.75) is 142 Å². The first-order valence-electron chi connectivity index (χ1n) is 18.9. The SMILES string of the molecule is CCCCCCCCCCCCCCCCOP(=O)(O)OC(C)(C)c1ncc(-c2cc3[nH]c(NC(=O)NCC)nc3c([C@H]3CCCO3)c2F)cn1. The van der Waals surface area contributed by atoms with Crippen molar-refractivity contribution in [2.24, 2.45) is 0 Å². The summed E-state index contributed by atoms with van der Waals surface area (Å²) in [4.78, 5) is 38.9. The molecular weight excluding hydrogens is 674 g/mol. The van der Waals surface area contributed by atoms with E-state index in [1.165, 1.54) is 76.6 Å². The van der Waals surface area contributed by atoms with E-state index in [2.05, 4.69) is 37.5 Å². The summed E-state index contributed by atoms with van der Waals surface area (Å²) in [5.41, 5.74) is 0.402. The number of nitrogens with one attached hydrogen (secondary N) is 3. The van der Waals surface area contributed by atoms with E-state index in [0.717, 1.165) is 25.7 Å². The number of rotatable bonds is 23. The predicted molar refractivity (Wildman–Crippen MR) is 198 cm³/mol. The number of benzene rings is 1. The van der Waals surface area contributed by atoms with Gasteiger partial charge in [0.05, 0.1) is 23.7 Å². The van der Waals surface area contributed by atoms with Gasteiger partial charge in [-0.25, -0.2) is 28.7 Å². The molecular formula is C37H58FN6O6P. The van der Waals surface area contributed by atoms with E-state index < -0.39 is 31.4 Å². The fraction of sp³-hybridized carbons (Fsp3) is 0.676. The van der Waals surface area contributed by atoms with E-state index >= 15 is 4.39 Å². The van der Waals surface area contributed by atoms with Crippen molar-refractivity contribution in [1.29, 1.82) is 0 Å². The van der Waals surface area contributed by atoms with Gasteiger partial charge in [-0.1, -0.05) is 90.4 Å². The van der Waals surface area contributed by atoms with E-state index in [1.54, 1.807) is 26.8 Å². The van der Waals surface area contributed by atoms with E-state index in [0.29, 0.717) is 48.2 Å². The zero-order chi connectivity index (χ0) is 36.7. The molecule has 2 aromatic heterocycles. The van der Waals surface area contributed by atoms with Gasteiger partial charge in [-0.2, -0.15) is 0 Å². The van der Waals surface area contributed by atoms with Crippen LogP contribution in [0.2, 0.25) is 0 Å². The van der Waals surface area contributed by atoms with E-state index in [4.69, 9.17) is 13.8 Å². The number of halogens is 1. The zero-order valence-corrected chi connectivity index (χ0v) is 31.8. The first-order valence-corrected chi connectivity index (χ1v) is 20.4. The molecule has 2 amide bonds. The zero-order valence-electron chi connectivity index (χ0n) is 30.9. The van der Waals surface area contributed by atoms with Gasteiger partial charge in [-0.05, 0) is 46.1 Å². The third-order valence-corrected chi connectivity index (χ3v) is 10.4. The number of urea groups is 1. The Bertz CT molecular complexity index is 1560. The Morgan fingerprint density at radius 3 is 2.20 bits per heavy atom. The van der Waals surface area contributed by atoms with Crippen LogP contribution < -0.4 is 10.6 Å². The quantitative estimate of drug-likeness (QED) is 0.0549. The van der Waals surface area contributed by atoms with E-state index in [1.807, 2.05) is 0 Å². The number of anilines is 1. The minimum absolute atomic E-state index is 0.116. The van der Waals surface area contributed by atoms with Gasteiger partial charge in [0.2, 0.25) is 5.95 Å². The lowest BCUT2D eigenvalue weighted by Gasteiger charge is -2.25. The second-order valence-electron chi connectivity index (χ2n) is 13.9. The lowest BCUT2D eigenvalue weighted by Crippen LogP contribution is -2.28. The number of fused-ring (bicyclic) bond motifs is 1. The fourth-order valence-electron chi connectivity index (χ4n) is 6.44. The Kier molecular flexibility index (Phi) is 16.3. The number of phosphoric ester groups is 1. The summed E-state index contributed by atoms with van der Waals surface area (Å²) >= 11 is 0. The minimum Gasteiger partial charge on any atom is -0.373 e. The van der Waals surface area contributed by atoms with Crippen LogP contribution in [0.3, 0.4) is 0 Å². The van der Waals surface area contributed by atoms with Gasteiger partial charge in [0.15, 0.2) is 5.82 Å². The van der Waals surface area contributed by atoms with Crippen LogP contribution in [0, 0.1) is 5.82 Å². The molecule has 4 rings (SSSR count). The standard InChI is InChI=1S/C37H58FN6O6P/c1-5-7-8-9-10-11-12-13-14-15-16-17-18-19-23-49-51(46,47)50-37(3,4)34-40-25-27(26-41-34)28-24-29-33(31(32(28)38)30-21-20-22-48-30)43-35(42-29)44-36(45)39-6-2/h24-26,30H,5-23H2,1-4H3,(H,46,47)(H3,39,42,43,44,45)/t30-/m1/s1. The summed E-state index contributed by atoms with van der Waals surface area (Å²) in [6, 6.07) is 1.16. The summed E-state index contributed by atoms with van der Waals surface area (Å²) in [5.74, 6) is -0.206. The number of nitrogens with zero attached hydrogens (tertiary/aromatic N) is 3. The van der Waals surface area contributed by atoms with Crippen molar-refractivity contribution < 1.29 is 32.4 Å². The number of ether oxygens (including phenoxy) is 1. The summed E-state index contributed by atoms with van der Waals surface area (Å²) in [6.45, 7) is 8.27. The maximum atomic E-state index is 16.2. The van der Waals surface area contributed by atoms with Crippen LogP contribution in [-0.2, 0) is 24.0 Å². The normalized spacial score (nSPS) is 16.1. The highest BCUT2D eigenvalue weighted by molar-refractivity contribution is 7.47. The second kappa shape index (κ2) is 20.3. The number of H-pyrrole nitrogens is 1. The van der Waals surface area contributed by atoms with Crippen LogP contribution in [0.25, 0.3) is 22.2 Å². The van der Waals surface area contributed by atoms with Crippen LogP contribution in [0.1, 0.15) is 148 Å². The summed E-state index contributed by atoms with van der Waals surface area (Å²) in [6.07, 6.45) is 20.9. The number of hydrogen-bond donors (Lipinski definition) is 4. The molecule has 51 heavy (non-hydrogen) atoms. The van der Waals surface area contributed by atoms with Gasteiger partial charge in [0.1, 0.15) is 11.4 Å². The molecule has 1 aliphatic heterocycles. The number of aromatic amines is 1. The number of imidazole rings is 1. The number of unbranched alkanes of at least 4 members (excludes halogenated alkanes) is 13. The number of aromatic nitrogens is 4. The van der Waals surface area contributed by atoms with Crippen LogP contribution in [0.5, 0.6) is 0 Å². The number of carbonyl (C=O) groups excluding carboxylic acids is 1. The van der Waals surface area contributed by atoms with Crippen molar-refractivity contribution >= 4 is 30.8 Å². The first kappa shape index (κ1) is 40.8. The molecule has 1 fully saturated rings. The molecule has 3 aromatic rings. The van der Waals surface area contributed by atoms with Crippen molar-refractivity contribution in [3.63, 3.8) is 0 Å². The molecule has 0 spiro atoms. The number of phosphoric acid groups is 1. The molecule has 4 N–H and O–H groups in total. The van der Waals surface area contributed by atoms with Crippen molar-refractivity contribution in [2.75, 3.05) is 25.1 Å². The fourth-order valence-corrected chi connectivity index (χ4v) is 7.52. The summed E-state index contributed by atoms with van der Waals surface area (Å²) < 4.78 is 45.7. The van der Waals surface area contributed by atoms with E-state index in [-0.39, 0.29) is 23.9 Å². The van der Waals surface area contributed by atoms with Crippen LogP contribution in [-0.4, -0.2) is 50.6 Å². The molecule has 0 bridgehead atoms. The van der Waals surface area contributed by atoms with Gasteiger partial charge in [0.25, 0.3) is 0 Å². The lowest BCUT2D eigenvalue weighted by atomic mass is 9.98. The highest BCUT2D eigenvalue weighted by atomic mass is 31.2. The molecule has 3 heterocycles. The Labute approximate surface area is 302 Å². The third kappa shape index (κ3) is 12.6.